The molecule has 0 aliphatic carbocycles. The predicted octanol–water partition coefficient (Wildman–Crippen LogP) is 0.792. The highest BCUT2D eigenvalue weighted by molar-refractivity contribution is 5.76. The molecule has 1 fully saturated rings. The number of aryl methyl sites for hydroxylation is 2. The average molecular weight is 250 g/mol. The van der Waals surface area contributed by atoms with E-state index >= 15 is 0 Å². The second-order valence-corrected chi connectivity index (χ2v) is 4.91. The first-order valence-electron chi connectivity index (χ1n) is 6.66. The Hall–Kier alpha value is -1.36. The summed E-state index contributed by atoms with van der Waals surface area (Å²) in [7, 11) is 0. The fourth-order valence-electron chi connectivity index (χ4n) is 2.40. The number of carbonyl (C=O) groups is 1. The molecule has 0 aromatic carbocycles. The molecule has 0 bridgehead atoms. The fourth-order valence-corrected chi connectivity index (χ4v) is 2.40. The molecule has 1 aliphatic heterocycles. The summed E-state index contributed by atoms with van der Waals surface area (Å²) in [6.45, 7) is 7.62. The first-order valence-corrected chi connectivity index (χ1v) is 6.66. The molecule has 0 unspecified atom stereocenters. The molecule has 0 radical (unpaired) electrons. The van der Waals surface area contributed by atoms with Crippen LogP contribution in [-0.2, 0) is 11.3 Å². The maximum absolute atomic E-state index is 12.1. The topological polar surface area (TPSA) is 50.2 Å². The van der Waals surface area contributed by atoms with Crippen molar-refractivity contribution in [3.63, 3.8) is 0 Å². The fraction of sp³-hybridized carbons (Fsp3) is 0.692. The van der Waals surface area contributed by atoms with Gasteiger partial charge in [-0.3, -0.25) is 4.79 Å². The van der Waals surface area contributed by atoms with Crippen molar-refractivity contribution in [2.24, 2.45) is 0 Å². The molecule has 18 heavy (non-hydrogen) atoms. The smallest absolute Gasteiger partial charge is 0.222 e. The molecular weight excluding hydrogens is 228 g/mol. The summed E-state index contributed by atoms with van der Waals surface area (Å²) in [5, 5.41) is 3.30. The van der Waals surface area contributed by atoms with Gasteiger partial charge in [0, 0.05) is 51.0 Å². The van der Waals surface area contributed by atoms with Crippen molar-refractivity contribution in [2.45, 2.75) is 39.3 Å². The second kappa shape index (κ2) is 6.00. The zero-order chi connectivity index (χ0) is 13.0. The highest BCUT2D eigenvalue weighted by Crippen LogP contribution is 2.08. The van der Waals surface area contributed by atoms with Crippen molar-refractivity contribution < 1.29 is 4.79 Å². The Bertz CT molecular complexity index is 401. The van der Waals surface area contributed by atoms with Gasteiger partial charge in [-0.2, -0.15) is 0 Å². The van der Waals surface area contributed by atoms with E-state index < -0.39 is 0 Å². The van der Waals surface area contributed by atoms with E-state index in [1.165, 1.54) is 0 Å². The average Bonchev–Trinajstić information content (AvgIpc) is 2.75. The lowest BCUT2D eigenvalue weighted by Gasteiger charge is -2.34. The Kier molecular flexibility index (Phi) is 4.36. The number of nitrogens with one attached hydrogen (secondary N) is 1. The van der Waals surface area contributed by atoms with Crippen LogP contribution in [0.3, 0.4) is 0 Å². The number of aromatic nitrogens is 2. The third-order valence-corrected chi connectivity index (χ3v) is 3.53. The number of piperazine rings is 1. The van der Waals surface area contributed by atoms with Crippen LogP contribution in [0.4, 0.5) is 0 Å². The van der Waals surface area contributed by atoms with Crippen LogP contribution in [0.15, 0.2) is 12.4 Å². The van der Waals surface area contributed by atoms with Gasteiger partial charge in [0.25, 0.3) is 0 Å². The molecule has 1 aliphatic rings. The molecule has 5 heteroatoms. The van der Waals surface area contributed by atoms with Crippen LogP contribution in [0.2, 0.25) is 0 Å². The highest BCUT2D eigenvalue weighted by atomic mass is 16.2. The van der Waals surface area contributed by atoms with Crippen LogP contribution in [-0.4, -0.2) is 46.0 Å². The monoisotopic (exact) mass is 250 g/mol. The number of rotatable bonds is 4. The molecule has 2 rings (SSSR count). The zero-order valence-corrected chi connectivity index (χ0v) is 11.2. The normalized spacial score (nSPS) is 20.1. The number of imidazole rings is 1. The van der Waals surface area contributed by atoms with Crippen LogP contribution >= 0.6 is 0 Å². The van der Waals surface area contributed by atoms with Gasteiger partial charge in [0.2, 0.25) is 5.91 Å². The minimum absolute atomic E-state index is 0.279. The van der Waals surface area contributed by atoms with E-state index in [2.05, 4.69) is 21.8 Å². The number of hydrogen-bond donors (Lipinski definition) is 1. The van der Waals surface area contributed by atoms with E-state index in [-0.39, 0.29) is 5.91 Å². The molecule has 1 aromatic heterocycles. The molecule has 1 aromatic rings. The van der Waals surface area contributed by atoms with Gasteiger partial charge in [-0.25, -0.2) is 4.98 Å². The molecule has 0 saturated carbocycles. The van der Waals surface area contributed by atoms with Gasteiger partial charge in [0.1, 0.15) is 5.82 Å². The first-order chi connectivity index (χ1) is 8.68. The molecular formula is C13H22N4O. The SMILES string of the molecule is Cc1nccn1CCCC(=O)N1CCNC[C@@H]1C. The summed E-state index contributed by atoms with van der Waals surface area (Å²) in [4.78, 5) is 18.3. The number of hydrogen-bond acceptors (Lipinski definition) is 3. The molecule has 1 N–H and O–H groups in total. The third-order valence-electron chi connectivity index (χ3n) is 3.53. The standard InChI is InChI=1S/C13H22N4O/c1-11-10-14-5-9-17(11)13(18)4-3-7-16-8-6-15-12(16)2/h6,8,11,14H,3-5,7,9-10H2,1-2H3/t11-/m0/s1. The van der Waals surface area contributed by atoms with Gasteiger partial charge in [-0.05, 0) is 20.3 Å². The lowest BCUT2D eigenvalue weighted by atomic mass is 10.2. The van der Waals surface area contributed by atoms with Crippen LogP contribution in [0.1, 0.15) is 25.6 Å². The van der Waals surface area contributed by atoms with E-state index in [1.807, 2.05) is 18.0 Å². The van der Waals surface area contributed by atoms with Crippen LogP contribution in [0.5, 0.6) is 0 Å². The lowest BCUT2D eigenvalue weighted by Crippen LogP contribution is -2.52. The Labute approximate surface area is 108 Å². The summed E-state index contributed by atoms with van der Waals surface area (Å²) in [5.41, 5.74) is 0. The van der Waals surface area contributed by atoms with Gasteiger partial charge in [-0.1, -0.05) is 0 Å². The molecule has 100 valence electrons. The maximum atomic E-state index is 12.1. The minimum atomic E-state index is 0.279. The maximum Gasteiger partial charge on any atom is 0.222 e. The van der Waals surface area contributed by atoms with Crippen LogP contribution in [0, 0.1) is 6.92 Å². The van der Waals surface area contributed by atoms with Crippen molar-refractivity contribution in [2.75, 3.05) is 19.6 Å². The lowest BCUT2D eigenvalue weighted by molar-refractivity contribution is -0.134. The van der Waals surface area contributed by atoms with E-state index in [0.29, 0.717) is 12.5 Å². The molecule has 5 nitrogen and oxygen atoms in total. The second-order valence-electron chi connectivity index (χ2n) is 4.91. The number of amides is 1. The van der Waals surface area contributed by atoms with E-state index in [1.54, 1.807) is 6.20 Å². The number of nitrogens with zero attached hydrogens (tertiary/aromatic N) is 3. The van der Waals surface area contributed by atoms with Gasteiger partial charge in [0.05, 0.1) is 0 Å². The predicted molar refractivity (Wildman–Crippen MR) is 70.2 cm³/mol. The first kappa shape index (κ1) is 13.1. The molecule has 2 heterocycles. The van der Waals surface area contributed by atoms with Crippen molar-refractivity contribution in [3.8, 4) is 0 Å². The summed E-state index contributed by atoms with van der Waals surface area (Å²) in [6.07, 6.45) is 5.28. The summed E-state index contributed by atoms with van der Waals surface area (Å²) < 4.78 is 2.09. The van der Waals surface area contributed by atoms with Crippen molar-refractivity contribution in [1.82, 2.24) is 19.8 Å². The minimum Gasteiger partial charge on any atom is -0.337 e. The number of carbonyl (C=O) groups excluding carboxylic acids is 1. The van der Waals surface area contributed by atoms with Gasteiger partial charge in [0.15, 0.2) is 0 Å². The molecule has 1 amide bonds. The summed E-state index contributed by atoms with van der Waals surface area (Å²) in [6, 6.07) is 0.321. The third kappa shape index (κ3) is 3.10. The van der Waals surface area contributed by atoms with Crippen molar-refractivity contribution in [1.29, 1.82) is 0 Å². The van der Waals surface area contributed by atoms with Gasteiger partial charge >= 0.3 is 0 Å². The van der Waals surface area contributed by atoms with E-state index in [4.69, 9.17) is 0 Å². The zero-order valence-electron chi connectivity index (χ0n) is 11.2. The summed E-state index contributed by atoms with van der Waals surface area (Å²) in [5.74, 6) is 1.29. The van der Waals surface area contributed by atoms with Crippen molar-refractivity contribution >= 4 is 5.91 Å². The molecule has 1 atom stereocenters. The Morgan fingerprint density at radius 2 is 2.44 bits per heavy atom. The largest absolute Gasteiger partial charge is 0.337 e. The van der Waals surface area contributed by atoms with Gasteiger partial charge in [-0.15, -0.1) is 0 Å². The van der Waals surface area contributed by atoms with Crippen molar-refractivity contribution in [3.05, 3.63) is 18.2 Å². The molecule has 0 spiro atoms. The highest BCUT2D eigenvalue weighted by Gasteiger charge is 2.22. The van der Waals surface area contributed by atoms with E-state index in [0.717, 1.165) is 38.4 Å². The Morgan fingerprint density at radius 3 is 3.11 bits per heavy atom. The Balaban J connectivity index is 1.76. The van der Waals surface area contributed by atoms with Crippen LogP contribution in [0.25, 0.3) is 0 Å². The molecule has 1 saturated heterocycles. The Morgan fingerprint density at radius 1 is 1.61 bits per heavy atom. The van der Waals surface area contributed by atoms with E-state index in [9.17, 15) is 4.79 Å². The summed E-state index contributed by atoms with van der Waals surface area (Å²) >= 11 is 0. The van der Waals surface area contributed by atoms with Gasteiger partial charge < -0.3 is 14.8 Å². The van der Waals surface area contributed by atoms with Crippen LogP contribution < -0.4 is 5.32 Å². The quantitative estimate of drug-likeness (QED) is 0.859.